The minimum atomic E-state index is -0.438. The molecule has 2 atom stereocenters. The van der Waals surface area contributed by atoms with E-state index >= 15 is 0 Å². The number of carbonyl (C=O) groups is 1. The van der Waals surface area contributed by atoms with Crippen LogP contribution in [0.1, 0.15) is 18.9 Å². The van der Waals surface area contributed by atoms with Crippen LogP contribution in [-0.2, 0) is 22.5 Å². The lowest BCUT2D eigenvalue weighted by molar-refractivity contribution is -0.149. The van der Waals surface area contributed by atoms with Crippen molar-refractivity contribution in [3.05, 3.63) is 71.3 Å². The fraction of sp³-hybridized carbons (Fsp3) is 0.318. The maximum Gasteiger partial charge on any atom is 0.310 e. The van der Waals surface area contributed by atoms with Gasteiger partial charge < -0.3 is 10.5 Å². The van der Waals surface area contributed by atoms with Crippen molar-refractivity contribution in [2.75, 3.05) is 6.61 Å². The molecule has 30 heavy (non-hydrogen) atoms. The van der Waals surface area contributed by atoms with E-state index in [0.29, 0.717) is 36.6 Å². The molecular formula is C22H24ClFN4O2. The average molecular weight is 431 g/mol. The van der Waals surface area contributed by atoms with Crippen molar-refractivity contribution in [3.63, 3.8) is 0 Å². The maximum absolute atomic E-state index is 14.1. The van der Waals surface area contributed by atoms with Crippen LogP contribution in [0.4, 0.5) is 4.39 Å². The highest BCUT2D eigenvalue weighted by atomic mass is 35.5. The van der Waals surface area contributed by atoms with E-state index < -0.39 is 5.92 Å². The van der Waals surface area contributed by atoms with Gasteiger partial charge in [0, 0.05) is 16.6 Å². The van der Waals surface area contributed by atoms with Crippen LogP contribution in [0.15, 0.2) is 54.9 Å². The molecule has 3 rings (SSSR count). The van der Waals surface area contributed by atoms with Gasteiger partial charge in [0.25, 0.3) is 0 Å². The summed E-state index contributed by atoms with van der Waals surface area (Å²) in [5.74, 6) is -1.07. The van der Waals surface area contributed by atoms with Crippen molar-refractivity contribution in [3.8, 4) is 11.1 Å². The summed E-state index contributed by atoms with van der Waals surface area (Å²) in [5, 5.41) is 8.60. The second kappa shape index (κ2) is 10.3. The summed E-state index contributed by atoms with van der Waals surface area (Å²) in [7, 11) is 0. The van der Waals surface area contributed by atoms with Gasteiger partial charge in [-0.15, -0.1) is 0 Å². The van der Waals surface area contributed by atoms with Gasteiger partial charge in [0.15, 0.2) is 0 Å². The second-order valence-electron chi connectivity index (χ2n) is 7.05. The van der Waals surface area contributed by atoms with E-state index in [2.05, 4.69) is 10.2 Å². The Labute approximate surface area is 179 Å². The van der Waals surface area contributed by atoms with E-state index in [1.807, 2.05) is 24.3 Å². The summed E-state index contributed by atoms with van der Waals surface area (Å²) in [6.07, 6.45) is 4.13. The molecule has 2 N–H and O–H groups in total. The summed E-state index contributed by atoms with van der Waals surface area (Å²) >= 11 is 5.98. The van der Waals surface area contributed by atoms with Gasteiger partial charge in [-0.05, 0) is 49.1 Å². The molecule has 0 radical (unpaired) electrons. The Balaban J connectivity index is 1.65. The highest BCUT2D eigenvalue weighted by molar-refractivity contribution is 6.30. The topological polar surface area (TPSA) is 83.0 Å². The third-order valence-electron chi connectivity index (χ3n) is 4.75. The van der Waals surface area contributed by atoms with E-state index in [4.69, 9.17) is 22.1 Å². The minimum absolute atomic E-state index is 0.260. The van der Waals surface area contributed by atoms with Crippen LogP contribution >= 0.6 is 11.6 Å². The van der Waals surface area contributed by atoms with Gasteiger partial charge in [-0.2, -0.15) is 15.0 Å². The van der Waals surface area contributed by atoms with Crippen molar-refractivity contribution in [1.29, 1.82) is 0 Å². The first-order chi connectivity index (χ1) is 14.5. The van der Waals surface area contributed by atoms with Crippen LogP contribution in [0.25, 0.3) is 11.1 Å². The molecule has 2 aromatic carbocycles. The van der Waals surface area contributed by atoms with E-state index in [1.165, 1.54) is 16.9 Å². The summed E-state index contributed by atoms with van der Waals surface area (Å²) in [6, 6.07) is 11.7. The molecule has 1 heterocycles. The number of nitrogens with two attached hydrogens (primary N) is 1. The molecule has 0 saturated heterocycles. The molecule has 0 fully saturated rings. The predicted octanol–water partition coefficient (Wildman–Crippen LogP) is 3.88. The molecule has 0 aliphatic carbocycles. The molecule has 0 aliphatic rings. The number of hydrogen-bond acceptors (Lipinski definition) is 5. The molecule has 8 heteroatoms. The second-order valence-corrected chi connectivity index (χ2v) is 7.49. The first-order valence-electron chi connectivity index (χ1n) is 9.77. The zero-order chi connectivity index (χ0) is 21.5. The number of hydrogen-bond donors (Lipinski definition) is 1. The van der Waals surface area contributed by atoms with Gasteiger partial charge in [-0.25, -0.2) is 4.39 Å². The van der Waals surface area contributed by atoms with Crippen molar-refractivity contribution in [2.45, 2.75) is 32.4 Å². The molecule has 6 nitrogen and oxygen atoms in total. The highest BCUT2D eigenvalue weighted by Gasteiger charge is 2.24. The monoisotopic (exact) mass is 430 g/mol. The molecule has 158 valence electrons. The van der Waals surface area contributed by atoms with E-state index in [9.17, 15) is 9.18 Å². The Kier molecular flexibility index (Phi) is 7.54. The quantitative estimate of drug-likeness (QED) is 0.521. The molecule has 0 amide bonds. The number of carbonyl (C=O) groups excluding carboxylic acids is 1. The van der Waals surface area contributed by atoms with Crippen molar-refractivity contribution < 1.29 is 13.9 Å². The Morgan fingerprint density at radius 2 is 1.90 bits per heavy atom. The Morgan fingerprint density at radius 1 is 1.20 bits per heavy atom. The number of esters is 1. The fourth-order valence-electron chi connectivity index (χ4n) is 3.33. The zero-order valence-electron chi connectivity index (χ0n) is 16.7. The van der Waals surface area contributed by atoms with Crippen molar-refractivity contribution in [1.82, 2.24) is 15.0 Å². The average Bonchev–Trinajstić information content (AvgIpc) is 3.23. The Morgan fingerprint density at radius 3 is 2.57 bits per heavy atom. The predicted molar refractivity (Wildman–Crippen MR) is 113 cm³/mol. The number of benzene rings is 2. The van der Waals surface area contributed by atoms with E-state index in [0.717, 1.165) is 11.1 Å². The fourth-order valence-corrected chi connectivity index (χ4v) is 3.50. The Bertz CT molecular complexity index is 964. The van der Waals surface area contributed by atoms with Gasteiger partial charge in [0.2, 0.25) is 0 Å². The van der Waals surface area contributed by atoms with Gasteiger partial charge in [0.05, 0.1) is 31.5 Å². The number of halogens is 2. The smallest absolute Gasteiger partial charge is 0.310 e. The van der Waals surface area contributed by atoms with Crippen LogP contribution in [0.3, 0.4) is 0 Å². The number of ether oxygens (including phenoxy) is 1. The molecule has 0 aliphatic heterocycles. The third kappa shape index (κ3) is 5.87. The highest BCUT2D eigenvalue weighted by Crippen LogP contribution is 2.26. The third-order valence-corrected chi connectivity index (χ3v) is 4.98. The molecule has 0 spiro atoms. The standard InChI is InChI=1S/C22H24ClFN4O2/c1-2-30-22(29)17(14-28-26-9-10-27-28)12-19(25)11-15-3-5-16(6-4-15)20-13-18(23)7-8-21(20)24/h3-10,13,17,19H,2,11-12,14,25H2,1H3. The van der Waals surface area contributed by atoms with E-state index in [1.54, 1.807) is 25.4 Å². The first kappa shape index (κ1) is 21.9. The molecule has 0 bridgehead atoms. The van der Waals surface area contributed by atoms with Crippen LogP contribution in [0.5, 0.6) is 0 Å². The lowest BCUT2D eigenvalue weighted by atomic mass is 9.94. The van der Waals surface area contributed by atoms with Crippen LogP contribution in [0.2, 0.25) is 5.02 Å². The minimum Gasteiger partial charge on any atom is -0.466 e. The molecule has 2 unspecified atom stereocenters. The molecule has 1 aromatic heterocycles. The number of aromatic nitrogens is 3. The van der Waals surface area contributed by atoms with Crippen LogP contribution in [0, 0.1) is 11.7 Å². The van der Waals surface area contributed by atoms with Gasteiger partial charge in [-0.3, -0.25) is 4.79 Å². The molecular weight excluding hydrogens is 407 g/mol. The zero-order valence-corrected chi connectivity index (χ0v) is 17.4. The van der Waals surface area contributed by atoms with E-state index in [-0.39, 0.29) is 17.8 Å². The summed E-state index contributed by atoms with van der Waals surface area (Å²) in [5.41, 5.74) is 8.51. The summed E-state index contributed by atoms with van der Waals surface area (Å²) < 4.78 is 19.2. The van der Waals surface area contributed by atoms with Gasteiger partial charge >= 0.3 is 5.97 Å². The summed E-state index contributed by atoms with van der Waals surface area (Å²) in [4.78, 5) is 13.8. The molecule has 0 saturated carbocycles. The van der Waals surface area contributed by atoms with Gasteiger partial charge in [-0.1, -0.05) is 35.9 Å². The van der Waals surface area contributed by atoms with Gasteiger partial charge in [0.1, 0.15) is 5.82 Å². The largest absolute Gasteiger partial charge is 0.466 e. The Hall–Kier alpha value is -2.77. The summed E-state index contributed by atoms with van der Waals surface area (Å²) in [6.45, 7) is 2.39. The van der Waals surface area contributed by atoms with Crippen LogP contribution < -0.4 is 5.73 Å². The van der Waals surface area contributed by atoms with Crippen molar-refractivity contribution >= 4 is 17.6 Å². The van der Waals surface area contributed by atoms with Crippen LogP contribution in [-0.4, -0.2) is 33.6 Å². The normalized spacial score (nSPS) is 13.1. The lowest BCUT2D eigenvalue weighted by Gasteiger charge is -2.19. The lowest BCUT2D eigenvalue weighted by Crippen LogP contribution is -2.33. The number of rotatable bonds is 9. The maximum atomic E-state index is 14.1. The first-order valence-corrected chi connectivity index (χ1v) is 10.1. The molecule has 3 aromatic rings. The van der Waals surface area contributed by atoms with Crippen molar-refractivity contribution in [2.24, 2.45) is 11.7 Å². The number of nitrogens with zero attached hydrogens (tertiary/aromatic N) is 3. The SMILES string of the molecule is CCOC(=O)C(CC(N)Cc1ccc(-c2cc(Cl)ccc2F)cc1)Cn1nccn1.